The van der Waals surface area contributed by atoms with E-state index in [0.29, 0.717) is 0 Å². The molecular formula is C10H12O2Si. The van der Waals surface area contributed by atoms with Crippen LogP contribution >= 0.6 is 0 Å². The molecule has 1 aromatic carbocycles. The summed E-state index contributed by atoms with van der Waals surface area (Å²) >= 11 is 0. The van der Waals surface area contributed by atoms with Gasteiger partial charge in [-0.25, -0.2) is 0 Å². The molecule has 0 saturated heterocycles. The fourth-order valence-corrected chi connectivity index (χ4v) is 2.88. The Labute approximate surface area is 79.1 Å². The predicted octanol–water partition coefficient (Wildman–Crippen LogP) is 2.77. The van der Waals surface area contributed by atoms with Crippen LogP contribution in [0, 0.1) is 0 Å². The average Bonchev–Trinajstić information content (AvgIpc) is 2.02. The maximum atomic E-state index is 5.75. The Morgan fingerprint density at radius 2 is 1.85 bits per heavy atom. The zero-order valence-electron chi connectivity index (χ0n) is 7.83. The van der Waals surface area contributed by atoms with Crippen molar-refractivity contribution in [2.45, 2.75) is 13.1 Å². The van der Waals surface area contributed by atoms with E-state index < -0.39 is 8.56 Å². The molecule has 0 spiro atoms. The van der Waals surface area contributed by atoms with E-state index in [1.807, 2.05) is 37.4 Å². The monoisotopic (exact) mass is 192 g/mol. The Hall–Kier alpha value is -1.22. The molecule has 0 saturated carbocycles. The molecule has 1 aliphatic heterocycles. The number of hydrogen-bond acceptors (Lipinski definition) is 2. The van der Waals surface area contributed by atoms with Gasteiger partial charge in [0.15, 0.2) is 0 Å². The zero-order valence-corrected chi connectivity index (χ0v) is 8.83. The molecule has 2 nitrogen and oxygen atoms in total. The van der Waals surface area contributed by atoms with Gasteiger partial charge in [0.25, 0.3) is 0 Å². The first kappa shape index (κ1) is 8.38. The van der Waals surface area contributed by atoms with Gasteiger partial charge in [-0.2, -0.15) is 0 Å². The molecule has 0 aromatic heterocycles. The summed E-state index contributed by atoms with van der Waals surface area (Å²) in [5.74, 6) is 1.63. The van der Waals surface area contributed by atoms with Gasteiger partial charge in [0, 0.05) is 13.1 Å². The molecule has 3 heteroatoms. The van der Waals surface area contributed by atoms with Crippen LogP contribution in [0.5, 0.6) is 5.75 Å². The third-order valence-electron chi connectivity index (χ3n) is 1.91. The van der Waals surface area contributed by atoms with E-state index in [0.717, 1.165) is 17.1 Å². The number of fused-ring (bicyclic) bond motifs is 1. The van der Waals surface area contributed by atoms with Gasteiger partial charge in [-0.15, -0.1) is 0 Å². The lowest BCUT2D eigenvalue weighted by Crippen LogP contribution is -2.40. The minimum atomic E-state index is -2.00. The highest BCUT2D eigenvalue weighted by Gasteiger charge is 2.35. The third kappa shape index (κ3) is 1.47. The standard InChI is InChI=1S/C10H12O2Si/c1-8-9-6-4-5-7-10(9)12-13(2,3)11-8/h4-7H,1H2,2-3H3. The van der Waals surface area contributed by atoms with Gasteiger partial charge in [0.2, 0.25) is 0 Å². The Morgan fingerprint density at radius 3 is 2.62 bits per heavy atom. The van der Waals surface area contributed by atoms with Crippen molar-refractivity contribution >= 4 is 14.3 Å². The summed E-state index contributed by atoms with van der Waals surface area (Å²) in [5.41, 5.74) is 0.967. The van der Waals surface area contributed by atoms with Crippen molar-refractivity contribution in [1.82, 2.24) is 0 Å². The fraction of sp³-hybridized carbons (Fsp3) is 0.200. The van der Waals surface area contributed by atoms with E-state index in [4.69, 9.17) is 8.85 Å². The molecule has 0 aliphatic carbocycles. The molecule has 68 valence electrons. The Bertz CT molecular complexity index is 358. The van der Waals surface area contributed by atoms with Crippen LogP contribution in [0.2, 0.25) is 13.1 Å². The predicted molar refractivity (Wildman–Crippen MR) is 54.7 cm³/mol. The number of rotatable bonds is 0. The van der Waals surface area contributed by atoms with E-state index in [1.165, 1.54) is 0 Å². The normalized spacial score (nSPS) is 18.5. The van der Waals surface area contributed by atoms with Gasteiger partial charge < -0.3 is 8.85 Å². The average molecular weight is 192 g/mol. The van der Waals surface area contributed by atoms with Crippen molar-refractivity contribution in [2.24, 2.45) is 0 Å². The minimum Gasteiger partial charge on any atom is -0.512 e. The molecule has 0 fully saturated rings. The smallest absolute Gasteiger partial charge is 0.454 e. The lowest BCUT2D eigenvalue weighted by Gasteiger charge is -2.32. The summed E-state index contributed by atoms with van der Waals surface area (Å²) in [5, 5.41) is 0. The highest BCUT2D eigenvalue weighted by atomic mass is 28.4. The van der Waals surface area contributed by atoms with Gasteiger partial charge in [-0.1, -0.05) is 18.7 Å². The first-order chi connectivity index (χ1) is 6.08. The Kier molecular flexibility index (Phi) is 1.70. The van der Waals surface area contributed by atoms with E-state index in [2.05, 4.69) is 6.58 Å². The van der Waals surface area contributed by atoms with Crippen molar-refractivity contribution in [3.8, 4) is 5.75 Å². The summed E-state index contributed by atoms with van der Waals surface area (Å²) in [6, 6.07) is 7.83. The molecule has 0 atom stereocenters. The maximum Gasteiger partial charge on any atom is 0.454 e. The van der Waals surface area contributed by atoms with E-state index >= 15 is 0 Å². The van der Waals surface area contributed by atoms with Crippen LogP contribution < -0.4 is 4.43 Å². The van der Waals surface area contributed by atoms with E-state index in [-0.39, 0.29) is 0 Å². The van der Waals surface area contributed by atoms with Crippen LogP contribution in [0.4, 0.5) is 0 Å². The second-order valence-electron chi connectivity index (χ2n) is 3.52. The minimum absolute atomic E-state index is 0.735. The van der Waals surface area contributed by atoms with Crippen molar-refractivity contribution in [3.05, 3.63) is 36.4 Å². The summed E-state index contributed by atoms with van der Waals surface area (Å²) < 4.78 is 11.4. The molecule has 2 rings (SSSR count). The summed E-state index contributed by atoms with van der Waals surface area (Å²) in [7, 11) is -2.00. The number of benzene rings is 1. The summed E-state index contributed by atoms with van der Waals surface area (Å²) in [6.45, 7) is 7.90. The van der Waals surface area contributed by atoms with Crippen molar-refractivity contribution in [2.75, 3.05) is 0 Å². The quantitative estimate of drug-likeness (QED) is 0.588. The summed E-state index contributed by atoms with van der Waals surface area (Å²) in [4.78, 5) is 0. The molecule has 1 aliphatic rings. The van der Waals surface area contributed by atoms with Crippen molar-refractivity contribution in [3.63, 3.8) is 0 Å². The molecule has 1 aromatic rings. The van der Waals surface area contributed by atoms with E-state index in [1.54, 1.807) is 0 Å². The van der Waals surface area contributed by atoms with Gasteiger partial charge >= 0.3 is 8.56 Å². The molecule has 0 N–H and O–H groups in total. The Balaban J connectivity index is 2.49. The largest absolute Gasteiger partial charge is 0.512 e. The highest BCUT2D eigenvalue weighted by molar-refractivity contribution is 6.66. The Morgan fingerprint density at radius 1 is 1.15 bits per heavy atom. The van der Waals surface area contributed by atoms with Crippen LogP contribution in [-0.4, -0.2) is 8.56 Å². The molecule has 0 bridgehead atoms. The second-order valence-corrected chi connectivity index (χ2v) is 6.73. The van der Waals surface area contributed by atoms with Gasteiger partial charge in [0.05, 0.1) is 5.56 Å². The van der Waals surface area contributed by atoms with Gasteiger partial charge in [-0.3, -0.25) is 0 Å². The molecule has 0 radical (unpaired) electrons. The number of hydrogen-bond donors (Lipinski definition) is 0. The van der Waals surface area contributed by atoms with Gasteiger partial charge in [0.1, 0.15) is 11.5 Å². The molecule has 0 unspecified atom stereocenters. The lowest BCUT2D eigenvalue weighted by atomic mass is 10.2. The first-order valence-electron chi connectivity index (χ1n) is 4.25. The third-order valence-corrected chi connectivity index (χ3v) is 3.36. The molecule has 1 heterocycles. The highest BCUT2D eigenvalue weighted by Crippen LogP contribution is 2.34. The SMILES string of the molecule is C=C1O[Si](C)(C)Oc2ccccc21. The van der Waals surface area contributed by atoms with Crippen molar-refractivity contribution in [1.29, 1.82) is 0 Å². The van der Waals surface area contributed by atoms with Crippen LogP contribution in [-0.2, 0) is 4.43 Å². The van der Waals surface area contributed by atoms with Crippen LogP contribution in [0.1, 0.15) is 5.56 Å². The van der Waals surface area contributed by atoms with Gasteiger partial charge in [-0.05, 0) is 12.1 Å². The fourth-order valence-electron chi connectivity index (χ4n) is 1.42. The molecule has 13 heavy (non-hydrogen) atoms. The van der Waals surface area contributed by atoms with E-state index in [9.17, 15) is 0 Å². The molecular weight excluding hydrogens is 180 g/mol. The molecule has 0 amide bonds. The lowest BCUT2D eigenvalue weighted by molar-refractivity contribution is 0.354. The second kappa shape index (κ2) is 2.63. The van der Waals surface area contributed by atoms with Crippen LogP contribution in [0.25, 0.3) is 5.76 Å². The van der Waals surface area contributed by atoms with Crippen LogP contribution in [0.15, 0.2) is 30.8 Å². The number of para-hydroxylation sites is 1. The van der Waals surface area contributed by atoms with Crippen LogP contribution in [0.3, 0.4) is 0 Å². The first-order valence-corrected chi connectivity index (χ1v) is 7.06. The zero-order chi connectivity index (χ0) is 9.47. The topological polar surface area (TPSA) is 18.5 Å². The maximum absolute atomic E-state index is 5.75. The van der Waals surface area contributed by atoms with Crippen molar-refractivity contribution < 1.29 is 8.85 Å². The summed E-state index contributed by atoms with van der Waals surface area (Å²) in [6.07, 6.45) is 0.